The largest absolute Gasteiger partial charge is 0.0765 e. The van der Waals surface area contributed by atoms with Gasteiger partial charge in [-0.15, -0.1) is 0 Å². The van der Waals surface area contributed by atoms with E-state index < -0.39 is 0 Å². The molecule has 0 rings (SSSR count). The predicted molar refractivity (Wildman–Crippen MR) is 98.1 cm³/mol. The van der Waals surface area contributed by atoms with E-state index in [2.05, 4.69) is 63.7 Å². The van der Waals surface area contributed by atoms with Gasteiger partial charge in [-0.1, -0.05) is 101 Å². The summed E-state index contributed by atoms with van der Waals surface area (Å²) >= 11 is 14.1. The van der Waals surface area contributed by atoms with Gasteiger partial charge in [-0.05, 0) is 12.8 Å². The molecule has 0 N–H and O–H groups in total. The van der Waals surface area contributed by atoms with Gasteiger partial charge in [-0.25, -0.2) is 0 Å². The molecule has 16 heavy (non-hydrogen) atoms. The van der Waals surface area contributed by atoms with Crippen LogP contribution in [-0.4, -0.2) is 26.5 Å². The SMILES string of the molecule is BrC(Br)CCC[SiH2]CC[SiH2]CCCC(Br)Br. The van der Waals surface area contributed by atoms with Crippen molar-refractivity contribution in [2.45, 2.75) is 57.3 Å². The molecule has 0 aliphatic heterocycles. The van der Waals surface area contributed by atoms with E-state index in [0.29, 0.717) is 26.5 Å². The third kappa shape index (κ3) is 16.4. The minimum atomic E-state index is 0.293. The summed E-state index contributed by atoms with van der Waals surface area (Å²) in [5.41, 5.74) is 0. The molecule has 0 spiro atoms. The van der Waals surface area contributed by atoms with Crippen molar-refractivity contribution in [3.8, 4) is 0 Å². The van der Waals surface area contributed by atoms with Crippen LogP contribution in [-0.2, 0) is 0 Å². The molecule has 0 aromatic heterocycles. The Morgan fingerprint density at radius 1 is 0.625 bits per heavy atom. The van der Waals surface area contributed by atoms with E-state index in [1.54, 1.807) is 24.2 Å². The Hall–Kier alpha value is 2.35. The number of hydrogen-bond donors (Lipinski definition) is 0. The van der Waals surface area contributed by atoms with Crippen LogP contribution in [0.15, 0.2) is 0 Å². The minimum absolute atomic E-state index is 0.293. The molecular formula is C10H22Br4Si2. The molecule has 0 saturated heterocycles. The van der Waals surface area contributed by atoms with Crippen molar-refractivity contribution in [2.75, 3.05) is 0 Å². The number of rotatable bonds is 11. The molecule has 0 aliphatic carbocycles. The molecule has 0 radical (unpaired) electrons. The van der Waals surface area contributed by atoms with Crippen LogP contribution in [0.5, 0.6) is 0 Å². The van der Waals surface area contributed by atoms with Gasteiger partial charge in [0, 0.05) is 19.0 Å². The fourth-order valence-corrected chi connectivity index (χ4v) is 7.77. The summed E-state index contributed by atoms with van der Waals surface area (Å²) in [4.78, 5) is 0. The Morgan fingerprint density at radius 3 is 1.31 bits per heavy atom. The molecule has 0 aromatic carbocycles. The fraction of sp³-hybridized carbons (Fsp3) is 1.00. The van der Waals surface area contributed by atoms with Gasteiger partial charge in [-0.3, -0.25) is 0 Å². The summed E-state index contributed by atoms with van der Waals surface area (Å²) in [6.07, 6.45) is 5.43. The standard InChI is InChI=1S/C10H22Br4Si2/c11-9(12)3-1-5-15-7-8-16-6-2-4-10(13)14/h9-10H,1-8,15-16H2. The highest BCUT2D eigenvalue weighted by atomic mass is 79.9. The summed E-state index contributed by atoms with van der Waals surface area (Å²) in [6.45, 7) is 0. The zero-order valence-corrected chi connectivity index (χ0v) is 18.9. The van der Waals surface area contributed by atoms with Gasteiger partial charge < -0.3 is 0 Å². The van der Waals surface area contributed by atoms with Gasteiger partial charge in [-0.2, -0.15) is 0 Å². The molecule has 0 fully saturated rings. The second-order valence-corrected chi connectivity index (χ2v) is 15.3. The van der Waals surface area contributed by atoms with E-state index in [9.17, 15) is 0 Å². The zero-order chi connectivity index (χ0) is 12.2. The molecule has 0 saturated carbocycles. The van der Waals surface area contributed by atoms with Gasteiger partial charge in [0.15, 0.2) is 0 Å². The monoisotopic (exact) mass is 514 g/mol. The summed E-state index contributed by atoms with van der Waals surface area (Å²) in [6, 6.07) is 6.33. The smallest absolute Gasteiger partial charge is 0.0697 e. The zero-order valence-electron chi connectivity index (χ0n) is 9.74. The molecule has 0 amide bonds. The van der Waals surface area contributed by atoms with E-state index in [0.717, 1.165) is 0 Å². The Balaban J connectivity index is 2.93. The quantitative estimate of drug-likeness (QED) is 0.210. The number of halogens is 4. The number of alkyl halides is 4. The Bertz CT molecular complexity index is 129. The highest BCUT2D eigenvalue weighted by molar-refractivity contribution is 9.25. The highest BCUT2D eigenvalue weighted by Gasteiger charge is 1.99. The lowest BCUT2D eigenvalue weighted by Crippen LogP contribution is -1.96. The van der Waals surface area contributed by atoms with Gasteiger partial charge in [0.05, 0.1) is 7.47 Å². The molecule has 0 bridgehead atoms. The Labute approximate surface area is 139 Å². The topological polar surface area (TPSA) is 0 Å². The second kappa shape index (κ2) is 13.8. The maximum absolute atomic E-state index is 3.53. The Morgan fingerprint density at radius 2 is 1.00 bits per heavy atom. The number of hydrogen-bond acceptors (Lipinski definition) is 0. The van der Waals surface area contributed by atoms with Crippen LogP contribution >= 0.6 is 63.7 Å². The first-order chi connectivity index (χ1) is 7.63. The van der Waals surface area contributed by atoms with Crippen LogP contribution in [0.4, 0.5) is 0 Å². The van der Waals surface area contributed by atoms with Gasteiger partial charge in [0.25, 0.3) is 0 Å². The molecule has 0 atom stereocenters. The molecule has 0 nitrogen and oxygen atoms in total. The molecule has 98 valence electrons. The molecule has 0 aromatic rings. The first-order valence-corrected chi connectivity index (χ1v) is 13.9. The third-order valence-corrected chi connectivity index (χ3v) is 9.43. The predicted octanol–water partition coefficient (Wildman–Crippen LogP) is 4.79. The van der Waals surface area contributed by atoms with E-state index in [1.807, 2.05) is 0 Å². The molecular weight excluding hydrogens is 496 g/mol. The first kappa shape index (κ1) is 18.4. The van der Waals surface area contributed by atoms with E-state index in [4.69, 9.17) is 0 Å². The summed E-state index contributed by atoms with van der Waals surface area (Å²) in [5.74, 6) is 0. The van der Waals surface area contributed by atoms with Crippen molar-refractivity contribution in [3.63, 3.8) is 0 Å². The van der Waals surface area contributed by atoms with E-state index >= 15 is 0 Å². The lowest BCUT2D eigenvalue weighted by atomic mass is 10.4. The fourth-order valence-electron chi connectivity index (χ4n) is 1.66. The van der Waals surface area contributed by atoms with Crippen LogP contribution in [0.25, 0.3) is 0 Å². The second-order valence-electron chi connectivity index (χ2n) is 4.19. The lowest BCUT2D eigenvalue weighted by molar-refractivity contribution is 0.871. The van der Waals surface area contributed by atoms with Gasteiger partial charge in [0.2, 0.25) is 0 Å². The van der Waals surface area contributed by atoms with Crippen molar-refractivity contribution in [1.29, 1.82) is 0 Å². The minimum Gasteiger partial charge on any atom is -0.0765 e. The van der Waals surface area contributed by atoms with Crippen LogP contribution in [0.2, 0.25) is 24.2 Å². The summed E-state index contributed by atoms with van der Waals surface area (Å²) in [5, 5.41) is 0. The average Bonchev–Trinajstić information content (AvgIpc) is 2.20. The lowest BCUT2D eigenvalue weighted by Gasteiger charge is -2.03. The van der Waals surface area contributed by atoms with E-state index in [1.165, 1.54) is 25.7 Å². The van der Waals surface area contributed by atoms with Crippen LogP contribution < -0.4 is 0 Å². The normalized spacial score (nSPS) is 13.1. The average molecular weight is 518 g/mol. The molecule has 0 unspecified atom stereocenters. The van der Waals surface area contributed by atoms with Crippen molar-refractivity contribution in [3.05, 3.63) is 0 Å². The first-order valence-electron chi connectivity index (χ1n) is 6.19. The van der Waals surface area contributed by atoms with Crippen LogP contribution in [0.3, 0.4) is 0 Å². The van der Waals surface area contributed by atoms with Crippen molar-refractivity contribution >= 4 is 82.8 Å². The van der Waals surface area contributed by atoms with Gasteiger partial charge >= 0.3 is 0 Å². The molecule has 0 aliphatic rings. The summed E-state index contributed by atoms with van der Waals surface area (Å²) < 4.78 is 1.09. The maximum Gasteiger partial charge on any atom is 0.0697 e. The van der Waals surface area contributed by atoms with Crippen molar-refractivity contribution in [1.82, 2.24) is 0 Å². The van der Waals surface area contributed by atoms with Gasteiger partial charge in [0.1, 0.15) is 0 Å². The van der Waals surface area contributed by atoms with Crippen molar-refractivity contribution < 1.29 is 0 Å². The Kier molecular flexibility index (Phi) is 15.8. The molecule has 6 heteroatoms. The van der Waals surface area contributed by atoms with Crippen LogP contribution in [0, 0.1) is 0 Å². The molecule has 0 heterocycles. The van der Waals surface area contributed by atoms with Crippen LogP contribution in [0.1, 0.15) is 25.7 Å². The maximum atomic E-state index is 3.53. The third-order valence-electron chi connectivity index (χ3n) is 2.59. The highest BCUT2D eigenvalue weighted by Crippen LogP contribution is 2.17. The summed E-state index contributed by atoms with van der Waals surface area (Å²) in [7, 11) is 0.586. The van der Waals surface area contributed by atoms with E-state index in [-0.39, 0.29) is 0 Å². The van der Waals surface area contributed by atoms with Crippen molar-refractivity contribution in [2.24, 2.45) is 0 Å².